The van der Waals surface area contributed by atoms with Crippen molar-refractivity contribution < 1.29 is 5.11 Å². The maximum Gasteiger partial charge on any atom is 0.129 e. The number of nitrogens with zero attached hydrogens (tertiary/aromatic N) is 1. The third kappa shape index (κ3) is 2.20. The minimum absolute atomic E-state index is 0.283. The van der Waals surface area contributed by atoms with Crippen LogP contribution in [-0.4, -0.2) is 10.1 Å². The number of phenolic OH excluding ortho intramolecular Hbond substituents is 1. The number of phenols is 1. The van der Waals surface area contributed by atoms with E-state index in [0.717, 1.165) is 24.4 Å². The monoisotopic (exact) mass is 387 g/mol. The number of halogens is 2. The summed E-state index contributed by atoms with van der Waals surface area (Å²) in [5.74, 6) is 0.283. The molecule has 0 radical (unpaired) electrons. The van der Waals surface area contributed by atoms with Gasteiger partial charge in [-0.1, -0.05) is 17.7 Å². The van der Waals surface area contributed by atoms with Crippen molar-refractivity contribution in [3.63, 3.8) is 0 Å². The quantitative estimate of drug-likeness (QED) is 0.601. The molecule has 3 aromatic rings. The summed E-state index contributed by atoms with van der Waals surface area (Å²) in [6.07, 6.45) is 0. The highest BCUT2D eigenvalue weighted by Crippen LogP contribution is 2.33. The van der Waals surface area contributed by atoms with Crippen LogP contribution in [0.1, 0.15) is 0 Å². The molecule has 1 N–H and O–H groups in total. The van der Waals surface area contributed by atoms with Crippen LogP contribution in [0.25, 0.3) is 20.8 Å². The van der Waals surface area contributed by atoms with Gasteiger partial charge in [-0.15, -0.1) is 11.3 Å². The van der Waals surface area contributed by atoms with Crippen molar-refractivity contribution in [3.05, 3.63) is 45.0 Å². The minimum Gasteiger partial charge on any atom is -0.507 e. The molecule has 5 heteroatoms. The second kappa shape index (κ2) is 4.68. The van der Waals surface area contributed by atoms with E-state index in [0.29, 0.717) is 5.02 Å². The predicted molar refractivity (Wildman–Crippen MR) is 84.4 cm³/mol. The SMILES string of the molecule is Oc1cc(-c2nc3cc(Cl)ccc3s2)ccc1I. The lowest BCUT2D eigenvalue weighted by atomic mass is 10.2. The molecule has 0 atom stereocenters. The Labute approximate surface area is 126 Å². The number of benzene rings is 2. The molecule has 0 aliphatic carbocycles. The lowest BCUT2D eigenvalue weighted by molar-refractivity contribution is 0.472. The second-order valence-corrected chi connectivity index (χ2v) is 6.43. The van der Waals surface area contributed by atoms with Gasteiger partial charge in [0.2, 0.25) is 0 Å². The Kier molecular flexibility index (Phi) is 3.17. The van der Waals surface area contributed by atoms with Crippen LogP contribution in [0.2, 0.25) is 5.02 Å². The van der Waals surface area contributed by atoms with E-state index in [9.17, 15) is 5.11 Å². The molecule has 0 saturated heterocycles. The lowest BCUT2D eigenvalue weighted by Crippen LogP contribution is -1.78. The highest BCUT2D eigenvalue weighted by molar-refractivity contribution is 14.1. The average molecular weight is 388 g/mol. The Hall–Kier alpha value is -0.850. The maximum atomic E-state index is 9.73. The van der Waals surface area contributed by atoms with Gasteiger partial charge in [-0.2, -0.15) is 0 Å². The number of thiazole rings is 1. The van der Waals surface area contributed by atoms with Crippen LogP contribution in [0.3, 0.4) is 0 Å². The third-order valence-electron chi connectivity index (χ3n) is 2.54. The Balaban J connectivity index is 2.16. The summed E-state index contributed by atoms with van der Waals surface area (Å²) >= 11 is 9.63. The standard InChI is InChI=1S/C13H7ClINOS/c14-8-2-4-12-10(6-8)16-13(18-12)7-1-3-9(15)11(17)5-7/h1-6,17H. The topological polar surface area (TPSA) is 33.1 Å². The number of hydrogen-bond donors (Lipinski definition) is 1. The van der Waals surface area contributed by atoms with Gasteiger partial charge in [0, 0.05) is 10.6 Å². The van der Waals surface area contributed by atoms with Gasteiger partial charge in [0.1, 0.15) is 10.8 Å². The van der Waals surface area contributed by atoms with E-state index in [1.807, 2.05) is 30.3 Å². The molecule has 0 aliphatic rings. The van der Waals surface area contributed by atoms with Crippen LogP contribution >= 0.6 is 45.5 Å². The van der Waals surface area contributed by atoms with Gasteiger partial charge in [0.15, 0.2) is 0 Å². The predicted octanol–water partition coefficient (Wildman–Crippen LogP) is 4.93. The smallest absolute Gasteiger partial charge is 0.129 e. The van der Waals surface area contributed by atoms with Gasteiger partial charge in [-0.05, 0) is 52.9 Å². The van der Waals surface area contributed by atoms with E-state index in [-0.39, 0.29) is 5.75 Å². The second-order valence-electron chi connectivity index (χ2n) is 3.80. The summed E-state index contributed by atoms with van der Waals surface area (Å²) in [6, 6.07) is 11.2. The maximum absolute atomic E-state index is 9.73. The summed E-state index contributed by atoms with van der Waals surface area (Å²) in [7, 11) is 0. The fourth-order valence-electron chi connectivity index (χ4n) is 1.67. The highest BCUT2D eigenvalue weighted by Gasteiger charge is 2.08. The lowest BCUT2D eigenvalue weighted by Gasteiger charge is -1.99. The van der Waals surface area contributed by atoms with Crippen molar-refractivity contribution in [1.29, 1.82) is 0 Å². The first kappa shape index (κ1) is 12.2. The molecule has 0 spiro atoms. The number of rotatable bonds is 1. The number of hydrogen-bond acceptors (Lipinski definition) is 3. The first-order valence-corrected chi connectivity index (χ1v) is 7.46. The van der Waals surface area contributed by atoms with Gasteiger partial charge in [0.05, 0.1) is 13.8 Å². The van der Waals surface area contributed by atoms with Gasteiger partial charge in [-0.3, -0.25) is 0 Å². The number of fused-ring (bicyclic) bond motifs is 1. The molecule has 0 amide bonds. The van der Waals surface area contributed by atoms with Crippen LogP contribution in [-0.2, 0) is 0 Å². The summed E-state index contributed by atoms with van der Waals surface area (Å²) in [4.78, 5) is 4.54. The fourth-order valence-corrected chi connectivity index (χ4v) is 3.11. The van der Waals surface area contributed by atoms with Gasteiger partial charge >= 0.3 is 0 Å². The third-order valence-corrected chi connectivity index (χ3v) is 4.78. The van der Waals surface area contributed by atoms with E-state index in [4.69, 9.17) is 11.6 Å². The normalized spacial score (nSPS) is 11.0. The molecule has 2 nitrogen and oxygen atoms in total. The molecule has 2 aromatic carbocycles. The van der Waals surface area contributed by atoms with Crippen molar-refractivity contribution in [1.82, 2.24) is 4.98 Å². The molecule has 1 aromatic heterocycles. The fraction of sp³-hybridized carbons (Fsp3) is 0. The molecule has 3 rings (SSSR count). The molecule has 0 aliphatic heterocycles. The van der Waals surface area contributed by atoms with Crippen LogP contribution in [0, 0.1) is 3.57 Å². The van der Waals surface area contributed by atoms with E-state index in [1.54, 1.807) is 17.4 Å². The van der Waals surface area contributed by atoms with Crippen molar-refractivity contribution in [2.75, 3.05) is 0 Å². The zero-order valence-electron chi connectivity index (χ0n) is 9.02. The highest BCUT2D eigenvalue weighted by atomic mass is 127. The molecule has 0 fully saturated rings. The first-order chi connectivity index (χ1) is 8.63. The Bertz CT molecular complexity index is 741. The molecule has 0 saturated carbocycles. The van der Waals surface area contributed by atoms with Crippen molar-refractivity contribution in [2.45, 2.75) is 0 Å². The summed E-state index contributed by atoms with van der Waals surface area (Å²) < 4.78 is 1.92. The zero-order chi connectivity index (χ0) is 12.7. The molecular weight excluding hydrogens is 381 g/mol. The van der Waals surface area contributed by atoms with Crippen LogP contribution in [0.15, 0.2) is 36.4 Å². The summed E-state index contributed by atoms with van der Waals surface area (Å²) in [5, 5.41) is 11.3. The average Bonchev–Trinajstić information content (AvgIpc) is 2.75. The molecule has 0 bridgehead atoms. The summed E-state index contributed by atoms with van der Waals surface area (Å²) in [6.45, 7) is 0. The van der Waals surface area contributed by atoms with Gasteiger partial charge < -0.3 is 5.11 Å². The van der Waals surface area contributed by atoms with Crippen LogP contribution in [0.5, 0.6) is 5.75 Å². The zero-order valence-corrected chi connectivity index (χ0v) is 12.8. The van der Waals surface area contributed by atoms with E-state index < -0.39 is 0 Å². The van der Waals surface area contributed by atoms with Crippen molar-refractivity contribution in [3.8, 4) is 16.3 Å². The summed E-state index contributed by atoms with van der Waals surface area (Å²) in [5.41, 5.74) is 1.81. The molecular formula is C13H7ClINOS. The van der Waals surface area contributed by atoms with Gasteiger partial charge in [-0.25, -0.2) is 4.98 Å². The van der Waals surface area contributed by atoms with Crippen molar-refractivity contribution >= 4 is 55.7 Å². The van der Waals surface area contributed by atoms with E-state index in [1.165, 1.54) is 0 Å². The van der Waals surface area contributed by atoms with E-state index in [2.05, 4.69) is 27.6 Å². The number of aromatic hydroxyl groups is 1. The Morgan fingerprint density at radius 2 is 2.00 bits per heavy atom. The first-order valence-electron chi connectivity index (χ1n) is 5.18. The Morgan fingerprint density at radius 1 is 1.17 bits per heavy atom. The van der Waals surface area contributed by atoms with Crippen LogP contribution < -0.4 is 0 Å². The van der Waals surface area contributed by atoms with E-state index >= 15 is 0 Å². The largest absolute Gasteiger partial charge is 0.507 e. The molecule has 0 unspecified atom stereocenters. The Morgan fingerprint density at radius 3 is 2.78 bits per heavy atom. The van der Waals surface area contributed by atoms with Crippen molar-refractivity contribution in [2.24, 2.45) is 0 Å². The molecule has 90 valence electrons. The van der Waals surface area contributed by atoms with Gasteiger partial charge in [0.25, 0.3) is 0 Å². The molecule has 18 heavy (non-hydrogen) atoms. The minimum atomic E-state index is 0.283. The number of aromatic nitrogens is 1. The molecule has 1 heterocycles. The van der Waals surface area contributed by atoms with Crippen LogP contribution in [0.4, 0.5) is 0 Å².